The molecule has 1 aliphatic carbocycles. The van der Waals surface area contributed by atoms with E-state index in [-0.39, 0.29) is 11.4 Å². The number of halogens is 1. The summed E-state index contributed by atoms with van der Waals surface area (Å²) >= 11 is 5.76. The summed E-state index contributed by atoms with van der Waals surface area (Å²) in [6, 6.07) is 6.54. The van der Waals surface area contributed by atoms with E-state index >= 15 is 0 Å². The zero-order chi connectivity index (χ0) is 13.1. The van der Waals surface area contributed by atoms with Crippen molar-refractivity contribution in [1.82, 2.24) is 0 Å². The van der Waals surface area contributed by atoms with Crippen LogP contribution in [0.5, 0.6) is 0 Å². The highest BCUT2D eigenvalue weighted by atomic mass is 35.5. The van der Waals surface area contributed by atoms with E-state index in [1.807, 2.05) is 0 Å². The SMILES string of the molecule is O=C(O)C1=C(C(=O)c2ccc(Cl)cc2)CCCC1. The van der Waals surface area contributed by atoms with Crippen LogP contribution in [0.25, 0.3) is 0 Å². The van der Waals surface area contributed by atoms with Gasteiger partial charge in [-0.15, -0.1) is 0 Å². The van der Waals surface area contributed by atoms with Crippen molar-refractivity contribution >= 4 is 23.4 Å². The lowest BCUT2D eigenvalue weighted by molar-refractivity contribution is -0.133. The Morgan fingerprint density at radius 3 is 2.11 bits per heavy atom. The second-order valence-corrected chi connectivity index (χ2v) is 4.74. The van der Waals surface area contributed by atoms with Crippen LogP contribution < -0.4 is 0 Å². The Labute approximate surface area is 110 Å². The van der Waals surface area contributed by atoms with E-state index in [0.29, 0.717) is 29.0 Å². The smallest absolute Gasteiger partial charge is 0.331 e. The highest BCUT2D eigenvalue weighted by Gasteiger charge is 2.24. The van der Waals surface area contributed by atoms with Crippen LogP contribution >= 0.6 is 11.6 Å². The lowest BCUT2D eigenvalue weighted by Gasteiger charge is -2.16. The molecule has 0 spiro atoms. The predicted molar refractivity (Wildman–Crippen MR) is 68.9 cm³/mol. The van der Waals surface area contributed by atoms with E-state index in [1.54, 1.807) is 24.3 Å². The van der Waals surface area contributed by atoms with Gasteiger partial charge in [-0.1, -0.05) is 11.6 Å². The van der Waals surface area contributed by atoms with Crippen LogP contribution in [0, 0.1) is 0 Å². The molecule has 0 aliphatic heterocycles. The first kappa shape index (κ1) is 12.8. The molecule has 0 fully saturated rings. The van der Waals surface area contributed by atoms with Crippen molar-refractivity contribution in [3.8, 4) is 0 Å². The Bertz CT molecular complexity index is 514. The van der Waals surface area contributed by atoms with Gasteiger partial charge in [-0.2, -0.15) is 0 Å². The van der Waals surface area contributed by atoms with E-state index in [1.165, 1.54) is 0 Å². The zero-order valence-corrected chi connectivity index (χ0v) is 10.5. The average molecular weight is 265 g/mol. The van der Waals surface area contributed by atoms with Crippen molar-refractivity contribution in [3.05, 3.63) is 46.0 Å². The minimum absolute atomic E-state index is 0.191. The molecule has 94 valence electrons. The van der Waals surface area contributed by atoms with Gasteiger partial charge in [0.2, 0.25) is 0 Å². The Hall–Kier alpha value is -1.61. The number of aliphatic carboxylic acids is 1. The zero-order valence-electron chi connectivity index (χ0n) is 9.78. The second-order valence-electron chi connectivity index (χ2n) is 4.31. The Morgan fingerprint density at radius 1 is 1.00 bits per heavy atom. The van der Waals surface area contributed by atoms with Crippen LogP contribution in [-0.2, 0) is 4.79 Å². The second kappa shape index (κ2) is 5.36. The quantitative estimate of drug-likeness (QED) is 0.851. The number of allylic oxidation sites excluding steroid dienone is 1. The topological polar surface area (TPSA) is 54.4 Å². The maximum atomic E-state index is 12.3. The molecule has 2 rings (SSSR count). The summed E-state index contributed by atoms with van der Waals surface area (Å²) < 4.78 is 0. The van der Waals surface area contributed by atoms with Gasteiger partial charge in [0, 0.05) is 21.7 Å². The number of ketones is 1. The van der Waals surface area contributed by atoms with Gasteiger partial charge in [0.15, 0.2) is 5.78 Å². The molecule has 0 saturated carbocycles. The number of carboxylic acid groups (broad SMARTS) is 1. The van der Waals surface area contributed by atoms with Crippen molar-refractivity contribution in [1.29, 1.82) is 0 Å². The number of carbonyl (C=O) groups is 2. The first-order valence-electron chi connectivity index (χ1n) is 5.85. The number of benzene rings is 1. The van der Waals surface area contributed by atoms with Crippen LogP contribution in [0.1, 0.15) is 36.0 Å². The molecule has 0 radical (unpaired) electrons. The minimum atomic E-state index is -0.980. The fourth-order valence-electron chi connectivity index (χ4n) is 2.17. The molecule has 0 atom stereocenters. The van der Waals surface area contributed by atoms with Crippen molar-refractivity contribution in [3.63, 3.8) is 0 Å². The minimum Gasteiger partial charge on any atom is -0.478 e. The summed E-state index contributed by atoms with van der Waals surface area (Å²) in [7, 11) is 0. The van der Waals surface area contributed by atoms with Crippen LogP contribution in [0.3, 0.4) is 0 Å². The standard InChI is InChI=1S/C14H13ClO3/c15-10-7-5-9(6-8-10)13(16)11-3-1-2-4-12(11)14(17)18/h5-8H,1-4H2,(H,17,18). The summed E-state index contributed by atoms with van der Waals surface area (Å²) in [5, 5.41) is 9.68. The van der Waals surface area contributed by atoms with Crippen molar-refractivity contribution < 1.29 is 14.7 Å². The van der Waals surface area contributed by atoms with E-state index in [4.69, 9.17) is 16.7 Å². The summed E-state index contributed by atoms with van der Waals surface area (Å²) in [4.78, 5) is 23.4. The van der Waals surface area contributed by atoms with E-state index in [9.17, 15) is 9.59 Å². The van der Waals surface area contributed by atoms with Gasteiger partial charge in [0.25, 0.3) is 0 Å². The third-order valence-electron chi connectivity index (χ3n) is 3.11. The summed E-state index contributed by atoms with van der Waals surface area (Å²) in [6.45, 7) is 0. The molecule has 18 heavy (non-hydrogen) atoms. The van der Waals surface area contributed by atoms with Gasteiger partial charge < -0.3 is 5.11 Å². The first-order chi connectivity index (χ1) is 8.59. The lowest BCUT2D eigenvalue weighted by atomic mass is 9.87. The Morgan fingerprint density at radius 2 is 1.56 bits per heavy atom. The normalized spacial score (nSPS) is 15.6. The van der Waals surface area contributed by atoms with Gasteiger partial charge in [0.05, 0.1) is 0 Å². The Balaban J connectivity index is 2.37. The molecule has 0 aromatic heterocycles. The predicted octanol–water partition coefficient (Wildman–Crippen LogP) is 3.48. The monoisotopic (exact) mass is 264 g/mol. The van der Waals surface area contributed by atoms with Gasteiger partial charge in [-0.25, -0.2) is 4.79 Å². The van der Waals surface area contributed by atoms with Crippen molar-refractivity contribution in [2.45, 2.75) is 25.7 Å². The molecule has 4 heteroatoms. The van der Waals surface area contributed by atoms with Gasteiger partial charge in [0.1, 0.15) is 0 Å². The van der Waals surface area contributed by atoms with Crippen molar-refractivity contribution in [2.75, 3.05) is 0 Å². The number of hydrogen-bond acceptors (Lipinski definition) is 2. The number of hydrogen-bond donors (Lipinski definition) is 1. The number of carboxylic acids is 1. The highest BCUT2D eigenvalue weighted by molar-refractivity contribution is 6.30. The molecule has 1 aromatic carbocycles. The molecule has 1 aromatic rings. The van der Waals surface area contributed by atoms with Crippen LogP contribution in [-0.4, -0.2) is 16.9 Å². The Kier molecular flexibility index (Phi) is 3.82. The maximum absolute atomic E-state index is 12.3. The molecule has 0 unspecified atom stereocenters. The molecule has 3 nitrogen and oxygen atoms in total. The van der Waals surface area contributed by atoms with E-state index < -0.39 is 5.97 Å². The number of Topliss-reactive ketones (excluding diaryl/α,β-unsaturated/α-hetero) is 1. The van der Waals surface area contributed by atoms with Crippen LogP contribution in [0.15, 0.2) is 35.4 Å². The molecule has 1 aliphatic rings. The van der Waals surface area contributed by atoms with Gasteiger partial charge >= 0.3 is 5.97 Å². The summed E-state index contributed by atoms with van der Waals surface area (Å²) in [6.07, 6.45) is 2.72. The molecule has 0 saturated heterocycles. The molecular formula is C14H13ClO3. The molecule has 0 bridgehead atoms. The van der Waals surface area contributed by atoms with Crippen LogP contribution in [0.4, 0.5) is 0 Å². The first-order valence-corrected chi connectivity index (χ1v) is 6.23. The number of rotatable bonds is 3. The van der Waals surface area contributed by atoms with Crippen molar-refractivity contribution in [2.24, 2.45) is 0 Å². The van der Waals surface area contributed by atoms with E-state index in [0.717, 1.165) is 12.8 Å². The number of carbonyl (C=O) groups excluding carboxylic acids is 1. The third-order valence-corrected chi connectivity index (χ3v) is 3.36. The van der Waals surface area contributed by atoms with Gasteiger partial charge in [-0.3, -0.25) is 4.79 Å². The van der Waals surface area contributed by atoms with Crippen LogP contribution in [0.2, 0.25) is 5.02 Å². The fourth-order valence-corrected chi connectivity index (χ4v) is 2.29. The highest BCUT2D eigenvalue weighted by Crippen LogP contribution is 2.28. The molecule has 1 N–H and O–H groups in total. The summed E-state index contributed by atoms with van der Waals surface area (Å²) in [5.41, 5.74) is 1.20. The average Bonchev–Trinajstić information content (AvgIpc) is 2.39. The molecule has 0 amide bonds. The van der Waals surface area contributed by atoms with Gasteiger partial charge in [-0.05, 0) is 49.9 Å². The molecular weight excluding hydrogens is 252 g/mol. The lowest BCUT2D eigenvalue weighted by Crippen LogP contribution is -2.15. The maximum Gasteiger partial charge on any atom is 0.331 e. The fraction of sp³-hybridized carbons (Fsp3) is 0.286. The largest absolute Gasteiger partial charge is 0.478 e. The van der Waals surface area contributed by atoms with E-state index in [2.05, 4.69) is 0 Å². The molecule has 0 heterocycles. The third kappa shape index (κ3) is 2.62. The summed E-state index contributed by atoms with van der Waals surface area (Å²) in [5.74, 6) is -1.17.